The Morgan fingerprint density at radius 2 is 1.47 bits per heavy atom. The first-order chi connectivity index (χ1) is 25.6. The first-order valence-corrected chi connectivity index (χ1v) is 20.1. The number of fused-ring (bicyclic) bond motifs is 1. The molecule has 4 aliphatic heterocycles. The summed E-state index contributed by atoms with van der Waals surface area (Å²) in [7, 11) is 3.01. The molecule has 15 nitrogen and oxygen atoms in total. The molecule has 0 aromatic carbocycles. The lowest BCUT2D eigenvalue weighted by Gasteiger charge is -2.49. The van der Waals surface area contributed by atoms with Crippen molar-refractivity contribution in [2.75, 3.05) is 20.8 Å². The molecule has 15 heteroatoms. The second kappa shape index (κ2) is 17.9. The van der Waals surface area contributed by atoms with Gasteiger partial charge in [-0.3, -0.25) is 9.59 Å². The monoisotopic (exact) mass is 787 g/mol. The van der Waals surface area contributed by atoms with Crippen LogP contribution in [0.3, 0.4) is 0 Å². The van der Waals surface area contributed by atoms with Crippen molar-refractivity contribution in [3.8, 4) is 0 Å². The fraction of sp³-hybridized carbons (Fsp3) is 0.925. The van der Waals surface area contributed by atoms with Crippen LogP contribution < -0.4 is 0 Å². The summed E-state index contributed by atoms with van der Waals surface area (Å²) < 4.78 is 50.3. The molecule has 0 aromatic rings. The molecule has 1 amide bonds. The zero-order valence-electron chi connectivity index (χ0n) is 35.2. The number of ketones is 1. The number of Topliss-reactive ketones (excluding diaryl/α,β-unsaturated/α-hetero) is 1. The van der Waals surface area contributed by atoms with E-state index in [0.717, 1.165) is 6.42 Å². The molecule has 0 radical (unpaired) electrons. The first kappa shape index (κ1) is 45.7. The van der Waals surface area contributed by atoms with E-state index in [-0.39, 0.29) is 37.2 Å². The van der Waals surface area contributed by atoms with Gasteiger partial charge in [-0.05, 0) is 67.2 Å². The topological polar surface area (TPSA) is 189 Å². The van der Waals surface area contributed by atoms with Crippen LogP contribution in [-0.4, -0.2) is 143 Å². The van der Waals surface area contributed by atoms with Gasteiger partial charge in [0, 0.05) is 44.9 Å². The van der Waals surface area contributed by atoms with Crippen LogP contribution in [0.15, 0.2) is 0 Å². The lowest BCUT2D eigenvalue weighted by molar-refractivity contribution is -0.315. The molecule has 0 aliphatic carbocycles. The molecular weight excluding hydrogens is 718 g/mol. The third-order valence-corrected chi connectivity index (χ3v) is 12.9. The summed E-state index contributed by atoms with van der Waals surface area (Å²) in [4.78, 5) is 43.2. The van der Waals surface area contributed by atoms with Gasteiger partial charge in [0.15, 0.2) is 18.7 Å². The number of carbonyl (C=O) groups excluding carboxylic acids is 3. The van der Waals surface area contributed by atoms with Gasteiger partial charge in [0.2, 0.25) is 0 Å². The zero-order valence-corrected chi connectivity index (χ0v) is 35.2. The smallest absolute Gasteiger partial charge is 0.410 e. The summed E-state index contributed by atoms with van der Waals surface area (Å²) in [6.07, 6.45) is -8.29. The van der Waals surface area contributed by atoms with Gasteiger partial charge in [-0.2, -0.15) is 0 Å². The maximum Gasteiger partial charge on any atom is 0.410 e. The SMILES string of the molecule is CCCN1C(=O)O[C@H]2[C@H](O[C@@H]3[C@@H](C)[C@H](O[C@H]4C[C@@](C)(OC)[C@@H](O)[C@H](C)O4)[C@@H](C)C(=O)O[C@H](CC)[C@@](C)(O)[C@H](O)[C@@H](C)C(=O)[C@H](C)C[C@@]3(C)OC)O[C@H](C)C[C@@H]21. The van der Waals surface area contributed by atoms with Crippen molar-refractivity contribution >= 4 is 17.8 Å². The number of ether oxygens (including phenoxy) is 8. The molecule has 0 saturated carbocycles. The minimum atomic E-state index is -1.98. The molecule has 55 heavy (non-hydrogen) atoms. The third-order valence-electron chi connectivity index (χ3n) is 12.9. The molecule has 0 spiro atoms. The molecule has 0 unspecified atom stereocenters. The predicted octanol–water partition coefficient (Wildman–Crippen LogP) is 3.75. The van der Waals surface area contributed by atoms with E-state index in [0.29, 0.717) is 13.0 Å². The second-order valence-electron chi connectivity index (χ2n) is 17.2. The molecule has 4 fully saturated rings. The van der Waals surface area contributed by atoms with E-state index in [1.54, 1.807) is 53.4 Å². The number of esters is 1. The Balaban J connectivity index is 1.86. The van der Waals surface area contributed by atoms with Crippen molar-refractivity contribution in [2.24, 2.45) is 23.7 Å². The van der Waals surface area contributed by atoms with Crippen LogP contribution in [0.5, 0.6) is 0 Å². The van der Waals surface area contributed by atoms with Crippen LogP contribution in [-0.2, 0) is 47.5 Å². The largest absolute Gasteiger partial charge is 0.459 e. The van der Waals surface area contributed by atoms with Crippen LogP contribution in [0, 0.1) is 23.7 Å². The zero-order chi connectivity index (χ0) is 41.4. The van der Waals surface area contributed by atoms with E-state index >= 15 is 0 Å². The summed E-state index contributed by atoms with van der Waals surface area (Å²) in [5, 5.41) is 34.1. The molecule has 0 aromatic heterocycles. The molecule has 4 aliphatic rings. The Hall–Kier alpha value is -1.95. The maximum absolute atomic E-state index is 14.3. The Morgan fingerprint density at radius 3 is 2.05 bits per heavy atom. The minimum absolute atomic E-state index is 0.0995. The molecule has 0 bridgehead atoms. The highest BCUT2D eigenvalue weighted by Gasteiger charge is 2.56. The fourth-order valence-electron chi connectivity index (χ4n) is 9.31. The summed E-state index contributed by atoms with van der Waals surface area (Å²) in [6, 6.07) is -0.304. The molecule has 4 rings (SSSR count). The van der Waals surface area contributed by atoms with Gasteiger partial charge >= 0.3 is 12.1 Å². The highest BCUT2D eigenvalue weighted by Crippen LogP contribution is 2.43. The number of aliphatic hydroxyl groups is 3. The number of hydrogen-bond acceptors (Lipinski definition) is 14. The normalized spacial score (nSPS) is 47.8. The Morgan fingerprint density at radius 1 is 0.836 bits per heavy atom. The number of hydrogen-bond donors (Lipinski definition) is 3. The number of amides is 1. The van der Waals surface area contributed by atoms with Crippen LogP contribution in [0.4, 0.5) is 4.79 Å². The molecule has 4 heterocycles. The van der Waals surface area contributed by atoms with E-state index in [1.807, 2.05) is 20.8 Å². The molecular formula is C40H69NO14. The Bertz CT molecular complexity index is 1330. The Labute approximate surface area is 326 Å². The van der Waals surface area contributed by atoms with Crippen LogP contribution in [0.1, 0.15) is 108 Å². The standard InChI is InChI=1S/C40H69NO14/c1-14-16-41-26-17-21(4)50-36(31(26)54-37(41)46)55-34-23(6)30(53-28-19-38(9,48-12)33(44)25(8)51-28)24(7)35(45)52-27(15-2)40(11,47)32(43)22(5)29(42)20(3)18-39(34,10)49-13/h20-28,30-34,36,43-44,47H,14-19H2,1-13H3/t20-,21-,22+,23+,24-,25+,26+,27-,28+,30+,31-,32-,33+,34-,36+,38-,39-,40-/m1/s1. The summed E-state index contributed by atoms with van der Waals surface area (Å²) in [5.74, 6) is -4.55. The Kier molecular flexibility index (Phi) is 14.9. The van der Waals surface area contributed by atoms with Crippen LogP contribution >= 0.6 is 0 Å². The molecule has 318 valence electrons. The lowest BCUT2D eigenvalue weighted by Crippen LogP contribution is -2.61. The quantitative estimate of drug-likeness (QED) is 0.287. The fourth-order valence-corrected chi connectivity index (χ4v) is 9.31. The maximum atomic E-state index is 14.3. The van der Waals surface area contributed by atoms with Crippen molar-refractivity contribution in [1.29, 1.82) is 0 Å². The summed E-state index contributed by atoms with van der Waals surface area (Å²) in [6.45, 7) is 19.6. The van der Waals surface area contributed by atoms with Gasteiger partial charge < -0.3 is 58.1 Å². The van der Waals surface area contributed by atoms with E-state index in [2.05, 4.69) is 0 Å². The highest BCUT2D eigenvalue weighted by molar-refractivity contribution is 5.83. The van der Waals surface area contributed by atoms with Gasteiger partial charge in [0.05, 0.1) is 53.7 Å². The van der Waals surface area contributed by atoms with Crippen LogP contribution in [0.2, 0.25) is 0 Å². The van der Waals surface area contributed by atoms with Crippen molar-refractivity contribution in [2.45, 2.75) is 193 Å². The van der Waals surface area contributed by atoms with E-state index in [4.69, 9.17) is 37.9 Å². The number of methoxy groups -OCH3 is 2. The number of rotatable bonds is 9. The predicted molar refractivity (Wildman–Crippen MR) is 199 cm³/mol. The molecule has 18 atom stereocenters. The lowest BCUT2D eigenvalue weighted by atomic mass is 9.74. The van der Waals surface area contributed by atoms with E-state index in [9.17, 15) is 29.7 Å². The summed E-state index contributed by atoms with van der Waals surface area (Å²) >= 11 is 0. The average molecular weight is 788 g/mol. The van der Waals surface area contributed by atoms with Gasteiger partial charge in [0.25, 0.3) is 0 Å². The van der Waals surface area contributed by atoms with Crippen molar-refractivity contribution in [3.63, 3.8) is 0 Å². The number of carbonyl (C=O) groups is 3. The number of cyclic esters (lactones) is 1. The van der Waals surface area contributed by atoms with Gasteiger partial charge in [-0.1, -0.05) is 34.6 Å². The van der Waals surface area contributed by atoms with Crippen LogP contribution in [0.25, 0.3) is 0 Å². The van der Waals surface area contributed by atoms with E-state index < -0.39 is 108 Å². The van der Waals surface area contributed by atoms with Gasteiger partial charge in [0.1, 0.15) is 23.6 Å². The minimum Gasteiger partial charge on any atom is -0.459 e. The first-order valence-electron chi connectivity index (χ1n) is 20.1. The summed E-state index contributed by atoms with van der Waals surface area (Å²) in [5.41, 5.74) is -4.29. The number of nitrogens with zero attached hydrogens (tertiary/aromatic N) is 1. The van der Waals surface area contributed by atoms with E-state index in [1.165, 1.54) is 21.1 Å². The van der Waals surface area contributed by atoms with Crippen molar-refractivity contribution in [3.05, 3.63) is 0 Å². The molecule has 4 saturated heterocycles. The van der Waals surface area contributed by atoms with Crippen molar-refractivity contribution in [1.82, 2.24) is 4.90 Å². The highest BCUT2D eigenvalue weighted by atomic mass is 16.7. The average Bonchev–Trinajstić information content (AvgIpc) is 3.45. The van der Waals surface area contributed by atoms with Gasteiger partial charge in [-0.15, -0.1) is 0 Å². The number of aliphatic hydroxyl groups excluding tert-OH is 2. The second-order valence-corrected chi connectivity index (χ2v) is 17.2. The molecule has 3 N–H and O–H groups in total. The third kappa shape index (κ3) is 9.20. The van der Waals surface area contributed by atoms with Gasteiger partial charge in [-0.25, -0.2) is 4.79 Å². The van der Waals surface area contributed by atoms with Crippen molar-refractivity contribution < 1.29 is 67.6 Å².